The largest absolute Gasteiger partial charge is 0.269 e. The second-order valence-corrected chi connectivity index (χ2v) is 6.55. The Labute approximate surface area is 141 Å². The number of non-ortho nitro benzene ring substituents is 1. The first kappa shape index (κ1) is 15.3. The van der Waals surface area contributed by atoms with E-state index in [2.05, 4.69) is 4.40 Å². The zero-order chi connectivity index (χ0) is 15.7. The average molecular weight is 353 g/mol. The summed E-state index contributed by atoms with van der Waals surface area (Å²) in [7, 11) is 0. The number of nitrogens with zero attached hydrogens (tertiary/aromatic N) is 2. The van der Waals surface area contributed by atoms with E-state index in [-0.39, 0.29) is 10.9 Å². The lowest BCUT2D eigenvalue weighted by Crippen LogP contribution is -2.01. The Morgan fingerprint density at radius 1 is 1.14 bits per heavy atom. The molecule has 0 saturated heterocycles. The lowest BCUT2D eigenvalue weighted by atomic mass is 10.0. The van der Waals surface area contributed by atoms with E-state index in [4.69, 9.17) is 23.2 Å². The van der Waals surface area contributed by atoms with Crippen LogP contribution in [0, 0.1) is 10.1 Å². The van der Waals surface area contributed by atoms with Gasteiger partial charge in [-0.2, -0.15) is 0 Å². The van der Waals surface area contributed by atoms with Crippen molar-refractivity contribution in [2.45, 2.75) is 11.7 Å². The summed E-state index contributed by atoms with van der Waals surface area (Å²) >= 11 is 13.9. The number of hydrogen-bond donors (Lipinski definition) is 0. The molecule has 1 heterocycles. The third-order valence-corrected chi connectivity index (χ3v) is 5.04. The molecule has 7 heteroatoms. The minimum Gasteiger partial charge on any atom is -0.258 e. The third kappa shape index (κ3) is 2.97. The SMILES string of the molecule is O=[N+]([O-])c1ccc(C2=NSC(c3c(Cl)cccc3Cl)C2)cc1. The Kier molecular flexibility index (Phi) is 4.38. The Morgan fingerprint density at radius 3 is 2.36 bits per heavy atom. The maximum absolute atomic E-state index is 10.7. The van der Waals surface area contributed by atoms with E-state index in [0.717, 1.165) is 16.8 Å². The molecule has 1 atom stereocenters. The summed E-state index contributed by atoms with van der Waals surface area (Å²) < 4.78 is 4.47. The average Bonchev–Trinajstić information content (AvgIpc) is 2.97. The molecule has 1 aliphatic rings. The van der Waals surface area contributed by atoms with Gasteiger partial charge in [-0.15, -0.1) is 0 Å². The second-order valence-electron chi connectivity index (χ2n) is 4.78. The van der Waals surface area contributed by atoms with Crippen molar-refractivity contribution in [3.05, 3.63) is 73.8 Å². The second kappa shape index (κ2) is 6.28. The fourth-order valence-corrected chi connectivity index (χ4v) is 4.11. The van der Waals surface area contributed by atoms with Crippen LogP contribution in [0.1, 0.15) is 22.8 Å². The molecule has 2 aromatic carbocycles. The number of nitro groups is 1. The minimum absolute atomic E-state index is 0.0615. The summed E-state index contributed by atoms with van der Waals surface area (Å²) in [6.07, 6.45) is 0.686. The summed E-state index contributed by atoms with van der Waals surface area (Å²) in [5, 5.41) is 12.0. The molecule has 0 spiro atoms. The van der Waals surface area contributed by atoms with Gasteiger partial charge in [0.05, 0.1) is 15.9 Å². The monoisotopic (exact) mass is 352 g/mol. The smallest absolute Gasteiger partial charge is 0.258 e. The Hall–Kier alpha value is -1.56. The van der Waals surface area contributed by atoms with Crippen LogP contribution in [0.4, 0.5) is 5.69 Å². The Bertz CT molecular complexity index is 742. The lowest BCUT2D eigenvalue weighted by Gasteiger charge is -2.12. The van der Waals surface area contributed by atoms with E-state index in [1.54, 1.807) is 12.1 Å². The zero-order valence-corrected chi connectivity index (χ0v) is 13.5. The molecule has 0 aromatic heterocycles. The first-order valence-electron chi connectivity index (χ1n) is 6.47. The molecular formula is C15H10Cl2N2O2S. The predicted octanol–water partition coefficient (Wildman–Crippen LogP) is 5.48. The molecule has 1 unspecified atom stereocenters. The van der Waals surface area contributed by atoms with Crippen molar-refractivity contribution in [1.29, 1.82) is 0 Å². The van der Waals surface area contributed by atoms with Crippen LogP contribution in [0.3, 0.4) is 0 Å². The molecule has 112 valence electrons. The number of benzene rings is 2. The molecule has 3 rings (SSSR count). The van der Waals surface area contributed by atoms with Gasteiger partial charge >= 0.3 is 0 Å². The Morgan fingerprint density at radius 2 is 1.77 bits per heavy atom. The molecule has 4 nitrogen and oxygen atoms in total. The molecule has 0 bridgehead atoms. The van der Waals surface area contributed by atoms with Gasteiger partial charge < -0.3 is 0 Å². The van der Waals surface area contributed by atoms with E-state index >= 15 is 0 Å². The molecule has 2 aromatic rings. The molecule has 1 aliphatic heterocycles. The summed E-state index contributed by atoms with van der Waals surface area (Å²) in [6.45, 7) is 0. The first-order valence-corrected chi connectivity index (χ1v) is 8.07. The first-order chi connectivity index (χ1) is 10.6. The number of rotatable bonds is 3. The number of nitro benzene ring substituents is 1. The summed E-state index contributed by atoms with van der Waals surface area (Å²) in [5.41, 5.74) is 2.72. The molecule has 22 heavy (non-hydrogen) atoms. The van der Waals surface area contributed by atoms with Crippen molar-refractivity contribution in [1.82, 2.24) is 0 Å². The van der Waals surface area contributed by atoms with Crippen molar-refractivity contribution < 1.29 is 4.92 Å². The summed E-state index contributed by atoms with van der Waals surface area (Å²) in [6, 6.07) is 11.8. The van der Waals surface area contributed by atoms with E-state index in [1.165, 1.54) is 24.1 Å². The van der Waals surface area contributed by atoms with Gasteiger partial charge in [0.2, 0.25) is 0 Å². The highest BCUT2D eigenvalue weighted by Crippen LogP contribution is 2.45. The highest BCUT2D eigenvalue weighted by atomic mass is 35.5. The van der Waals surface area contributed by atoms with Gasteiger partial charge in [-0.1, -0.05) is 29.3 Å². The highest BCUT2D eigenvalue weighted by molar-refractivity contribution is 7.98. The summed E-state index contributed by atoms with van der Waals surface area (Å²) in [4.78, 5) is 10.3. The normalized spacial score (nSPS) is 17.4. The van der Waals surface area contributed by atoms with Crippen LogP contribution in [0.15, 0.2) is 46.9 Å². The molecule has 0 N–H and O–H groups in total. The topological polar surface area (TPSA) is 55.5 Å². The maximum Gasteiger partial charge on any atom is 0.269 e. The molecular weight excluding hydrogens is 343 g/mol. The molecule has 0 fully saturated rings. The van der Waals surface area contributed by atoms with Crippen molar-refractivity contribution in [3.63, 3.8) is 0 Å². The van der Waals surface area contributed by atoms with Crippen LogP contribution >= 0.6 is 35.1 Å². The van der Waals surface area contributed by atoms with Crippen molar-refractivity contribution in [3.8, 4) is 0 Å². The van der Waals surface area contributed by atoms with Gasteiger partial charge in [-0.3, -0.25) is 10.1 Å². The fraction of sp³-hybridized carbons (Fsp3) is 0.133. The van der Waals surface area contributed by atoms with E-state index in [9.17, 15) is 10.1 Å². The van der Waals surface area contributed by atoms with E-state index < -0.39 is 4.92 Å². The number of hydrogen-bond acceptors (Lipinski definition) is 4. The van der Waals surface area contributed by atoms with Gasteiger partial charge in [-0.05, 0) is 41.8 Å². The third-order valence-electron chi connectivity index (χ3n) is 3.40. The van der Waals surface area contributed by atoms with Crippen LogP contribution < -0.4 is 0 Å². The Balaban J connectivity index is 1.81. The zero-order valence-electron chi connectivity index (χ0n) is 11.2. The predicted molar refractivity (Wildman–Crippen MR) is 91.0 cm³/mol. The molecule has 0 aliphatic carbocycles. The van der Waals surface area contributed by atoms with Crippen LogP contribution in [0.5, 0.6) is 0 Å². The van der Waals surface area contributed by atoms with Gasteiger partial charge in [0.1, 0.15) is 0 Å². The van der Waals surface area contributed by atoms with Crippen LogP contribution in [0.2, 0.25) is 10.0 Å². The highest BCUT2D eigenvalue weighted by Gasteiger charge is 2.26. The molecule has 0 saturated carbocycles. The number of halogens is 2. The molecule has 0 amide bonds. The quantitative estimate of drug-likeness (QED) is 0.417. The van der Waals surface area contributed by atoms with Crippen molar-refractivity contribution in [2.75, 3.05) is 0 Å². The molecule has 0 radical (unpaired) electrons. The fourth-order valence-electron chi connectivity index (χ4n) is 2.30. The van der Waals surface area contributed by atoms with Crippen molar-refractivity contribution >= 4 is 46.5 Å². The van der Waals surface area contributed by atoms with Crippen LogP contribution in [0.25, 0.3) is 0 Å². The van der Waals surface area contributed by atoms with Crippen LogP contribution in [-0.4, -0.2) is 10.6 Å². The minimum atomic E-state index is -0.415. The lowest BCUT2D eigenvalue weighted by molar-refractivity contribution is -0.384. The van der Waals surface area contributed by atoms with Gasteiger partial charge in [-0.25, -0.2) is 4.40 Å². The van der Waals surface area contributed by atoms with Crippen LogP contribution in [-0.2, 0) is 0 Å². The maximum atomic E-state index is 10.7. The standard InChI is InChI=1S/C15H10Cl2N2O2S/c16-11-2-1-3-12(17)15(11)14-8-13(18-22-14)9-4-6-10(7-5-9)19(20)21/h1-7,14H,8H2. The van der Waals surface area contributed by atoms with E-state index in [0.29, 0.717) is 16.5 Å². The van der Waals surface area contributed by atoms with Gasteiger partial charge in [0, 0.05) is 34.2 Å². The summed E-state index contributed by atoms with van der Waals surface area (Å²) in [5.74, 6) is 0. The van der Waals surface area contributed by atoms with Crippen molar-refractivity contribution in [2.24, 2.45) is 4.40 Å². The van der Waals surface area contributed by atoms with Gasteiger partial charge in [0.25, 0.3) is 5.69 Å². The van der Waals surface area contributed by atoms with E-state index in [1.807, 2.05) is 18.2 Å². The van der Waals surface area contributed by atoms with Gasteiger partial charge in [0.15, 0.2) is 0 Å².